The first-order valence-electron chi connectivity index (χ1n) is 18.4. The van der Waals surface area contributed by atoms with Gasteiger partial charge in [0.15, 0.2) is 0 Å². The average Bonchev–Trinajstić information content (AvgIpc) is 3.76. The minimum atomic E-state index is -1.29. The third kappa shape index (κ3) is 6.13. The van der Waals surface area contributed by atoms with Gasteiger partial charge in [0.25, 0.3) is 5.91 Å². The fourth-order valence-corrected chi connectivity index (χ4v) is 9.15. The second-order valence-electron chi connectivity index (χ2n) is 14.2. The number of para-hydroxylation sites is 1. The van der Waals surface area contributed by atoms with E-state index in [9.17, 15) is 5.11 Å². The molecule has 3 fully saturated rings. The largest absolute Gasteiger partial charge is 0.494 e. The maximum atomic E-state index is 15.4. The van der Waals surface area contributed by atoms with Gasteiger partial charge in [-0.05, 0) is 87.4 Å². The number of nitrogens with zero attached hydrogens (tertiary/aromatic N) is 3. The Balaban J connectivity index is 1.49. The molecule has 3 saturated heterocycles. The summed E-state index contributed by atoms with van der Waals surface area (Å²) < 4.78 is 12.8. The van der Waals surface area contributed by atoms with Gasteiger partial charge < -0.3 is 29.3 Å². The van der Waals surface area contributed by atoms with Crippen LogP contribution in [0.2, 0.25) is 0 Å². The van der Waals surface area contributed by atoms with E-state index in [-0.39, 0.29) is 37.4 Å². The minimum Gasteiger partial charge on any atom is -0.494 e. The zero-order valence-corrected chi connectivity index (χ0v) is 30.8. The zero-order chi connectivity index (χ0) is 37.2. The number of aliphatic hydroxyl groups excluding tert-OH is 1. The molecular formula is C43H51N3O6. The summed E-state index contributed by atoms with van der Waals surface area (Å²) >= 11 is 0. The van der Waals surface area contributed by atoms with Crippen molar-refractivity contribution in [2.24, 2.45) is 11.8 Å². The molecule has 1 spiro atoms. The van der Waals surface area contributed by atoms with Crippen LogP contribution < -0.4 is 14.5 Å². The molecule has 3 aromatic rings. The van der Waals surface area contributed by atoms with Gasteiger partial charge in [-0.3, -0.25) is 14.4 Å². The number of fused-ring (bicyclic) bond motifs is 1. The van der Waals surface area contributed by atoms with E-state index in [0.29, 0.717) is 43.7 Å². The van der Waals surface area contributed by atoms with Gasteiger partial charge in [-0.1, -0.05) is 67.6 Å². The lowest BCUT2D eigenvalue weighted by molar-refractivity contribution is -0.149. The molecule has 3 amide bonds. The van der Waals surface area contributed by atoms with Crippen molar-refractivity contribution in [2.45, 2.75) is 76.7 Å². The number of hydrogen-bond donors (Lipinski definition) is 1. The van der Waals surface area contributed by atoms with E-state index in [1.54, 1.807) is 26.9 Å². The summed E-state index contributed by atoms with van der Waals surface area (Å²) in [5.41, 5.74) is 1.90. The molecule has 274 valence electrons. The van der Waals surface area contributed by atoms with Gasteiger partial charge in [-0.25, -0.2) is 0 Å². The van der Waals surface area contributed by atoms with E-state index >= 15 is 14.4 Å². The van der Waals surface area contributed by atoms with Crippen LogP contribution >= 0.6 is 0 Å². The van der Waals surface area contributed by atoms with Crippen LogP contribution in [0.25, 0.3) is 0 Å². The SMILES string of the molecule is C=CCN(C(=O)[C@@H]1[C@H]2C(=O)N([C@@H](CO)Cc3ccccc3)C(C(=O)N(CC=C)c3c(C)cccc3C)C23CC[C@@]1(CC)O3)c1ccc(OCC)cc1. The summed E-state index contributed by atoms with van der Waals surface area (Å²) in [6, 6.07) is 21.0. The molecule has 6 rings (SSSR count). The van der Waals surface area contributed by atoms with Gasteiger partial charge in [0.1, 0.15) is 17.4 Å². The number of amides is 3. The predicted molar refractivity (Wildman–Crippen MR) is 203 cm³/mol. The van der Waals surface area contributed by atoms with Crippen molar-refractivity contribution in [1.82, 2.24) is 4.90 Å². The molecule has 9 nitrogen and oxygen atoms in total. The van der Waals surface area contributed by atoms with E-state index in [1.165, 1.54) is 0 Å². The third-order valence-corrected chi connectivity index (χ3v) is 11.4. The molecule has 3 heterocycles. The van der Waals surface area contributed by atoms with Gasteiger partial charge in [-0.2, -0.15) is 0 Å². The number of anilines is 2. The van der Waals surface area contributed by atoms with Crippen LogP contribution in [0.15, 0.2) is 98.1 Å². The van der Waals surface area contributed by atoms with Crippen LogP contribution in [0.5, 0.6) is 5.75 Å². The molecule has 3 aliphatic rings. The van der Waals surface area contributed by atoms with E-state index in [0.717, 1.165) is 22.4 Å². The first-order chi connectivity index (χ1) is 25.1. The highest BCUT2D eigenvalue weighted by Crippen LogP contribution is 2.65. The second kappa shape index (κ2) is 15.1. The van der Waals surface area contributed by atoms with Crippen LogP contribution in [0, 0.1) is 25.7 Å². The molecule has 1 N–H and O–H groups in total. The van der Waals surface area contributed by atoms with Crippen LogP contribution in [0.4, 0.5) is 11.4 Å². The molecule has 2 bridgehead atoms. The quantitative estimate of drug-likeness (QED) is 0.189. The normalized spacial score (nSPS) is 25.1. The molecule has 3 aliphatic heterocycles. The minimum absolute atomic E-state index is 0.207. The highest BCUT2D eigenvalue weighted by molar-refractivity contribution is 6.07. The number of carbonyl (C=O) groups excluding carboxylic acids is 3. The molecule has 52 heavy (non-hydrogen) atoms. The summed E-state index contributed by atoms with van der Waals surface area (Å²) in [4.78, 5) is 50.7. The molecule has 0 aromatic heterocycles. The van der Waals surface area contributed by atoms with Gasteiger partial charge in [0.05, 0.1) is 36.7 Å². The summed E-state index contributed by atoms with van der Waals surface area (Å²) in [5, 5.41) is 11.0. The number of aryl methyl sites for hydroxylation is 2. The van der Waals surface area contributed by atoms with E-state index in [2.05, 4.69) is 13.2 Å². The number of hydrogen-bond acceptors (Lipinski definition) is 6. The Kier molecular flexibility index (Phi) is 10.7. The predicted octanol–water partition coefficient (Wildman–Crippen LogP) is 6.20. The fourth-order valence-electron chi connectivity index (χ4n) is 9.15. The fraction of sp³-hybridized carbons (Fsp3) is 0.419. The van der Waals surface area contributed by atoms with Crippen molar-refractivity contribution >= 4 is 29.1 Å². The summed E-state index contributed by atoms with van der Waals surface area (Å²) in [6.45, 7) is 16.3. The molecular weight excluding hydrogens is 654 g/mol. The molecule has 0 saturated carbocycles. The smallest absolute Gasteiger partial charge is 0.253 e. The second-order valence-corrected chi connectivity index (χ2v) is 14.2. The first kappa shape index (κ1) is 37.0. The Morgan fingerprint density at radius 2 is 1.60 bits per heavy atom. The van der Waals surface area contributed by atoms with Crippen molar-refractivity contribution in [3.63, 3.8) is 0 Å². The van der Waals surface area contributed by atoms with Crippen molar-refractivity contribution in [2.75, 3.05) is 36.1 Å². The monoisotopic (exact) mass is 705 g/mol. The maximum absolute atomic E-state index is 15.4. The van der Waals surface area contributed by atoms with Crippen molar-refractivity contribution in [1.29, 1.82) is 0 Å². The van der Waals surface area contributed by atoms with Gasteiger partial charge in [0.2, 0.25) is 11.8 Å². The zero-order valence-electron chi connectivity index (χ0n) is 30.8. The van der Waals surface area contributed by atoms with E-state index in [1.807, 2.05) is 100 Å². The maximum Gasteiger partial charge on any atom is 0.253 e. The van der Waals surface area contributed by atoms with E-state index in [4.69, 9.17) is 9.47 Å². The van der Waals surface area contributed by atoms with Crippen LogP contribution in [0.3, 0.4) is 0 Å². The number of benzene rings is 3. The average molecular weight is 706 g/mol. The molecule has 6 atom stereocenters. The number of aliphatic hydroxyl groups is 1. The molecule has 0 radical (unpaired) electrons. The van der Waals surface area contributed by atoms with Crippen LogP contribution in [-0.2, 0) is 25.5 Å². The Morgan fingerprint density at radius 3 is 2.19 bits per heavy atom. The van der Waals surface area contributed by atoms with Gasteiger partial charge >= 0.3 is 0 Å². The standard InChI is InChI=1S/C43H51N3O6/c1-7-25-44(32-19-21-34(22-20-32)51-10-4)39(48)35-36-40(49)46(33(28-47)27-31-17-12-11-13-18-31)38(43(36)24-23-42(35,9-3)52-43)41(50)45(26-8-2)37-29(5)15-14-16-30(37)6/h7-8,11-22,33,35-36,38,47H,1-2,9-10,23-28H2,3-6H3/t33-,35+,36+,38?,42-,43?/m1/s1. The first-order valence-corrected chi connectivity index (χ1v) is 18.4. The van der Waals surface area contributed by atoms with Gasteiger partial charge in [0, 0.05) is 24.5 Å². The van der Waals surface area contributed by atoms with Crippen LogP contribution in [-0.4, -0.2) is 77.3 Å². The highest BCUT2D eigenvalue weighted by Gasteiger charge is 2.79. The number of likely N-dealkylation sites (tertiary alicyclic amines) is 1. The van der Waals surface area contributed by atoms with Crippen molar-refractivity contribution < 1.29 is 29.0 Å². The lowest BCUT2D eigenvalue weighted by atomic mass is 9.64. The van der Waals surface area contributed by atoms with Gasteiger partial charge in [-0.15, -0.1) is 13.2 Å². The molecule has 0 aliphatic carbocycles. The van der Waals surface area contributed by atoms with Crippen molar-refractivity contribution in [3.8, 4) is 5.75 Å². The Bertz CT molecular complexity index is 1790. The number of ether oxygens (including phenoxy) is 2. The Hall–Kier alpha value is -4.73. The summed E-state index contributed by atoms with van der Waals surface area (Å²) in [7, 11) is 0. The summed E-state index contributed by atoms with van der Waals surface area (Å²) in [6.07, 6.45) is 5.11. The topological polar surface area (TPSA) is 99.6 Å². The van der Waals surface area contributed by atoms with Crippen molar-refractivity contribution in [3.05, 3.63) is 115 Å². The lowest BCUT2D eigenvalue weighted by Crippen LogP contribution is -2.59. The number of rotatable bonds is 15. The van der Waals surface area contributed by atoms with E-state index < -0.39 is 35.1 Å². The third-order valence-electron chi connectivity index (χ3n) is 11.4. The summed E-state index contributed by atoms with van der Waals surface area (Å²) in [5.74, 6) is -2.02. The molecule has 9 heteroatoms. The Labute approximate surface area is 307 Å². The highest BCUT2D eigenvalue weighted by atomic mass is 16.5. The lowest BCUT2D eigenvalue weighted by Gasteiger charge is -2.40. The number of carbonyl (C=O) groups is 3. The molecule has 2 unspecified atom stereocenters. The Morgan fingerprint density at radius 1 is 0.942 bits per heavy atom. The molecule has 3 aromatic carbocycles. The van der Waals surface area contributed by atoms with Crippen LogP contribution in [0.1, 0.15) is 49.8 Å².